The van der Waals surface area contributed by atoms with E-state index in [-0.39, 0.29) is 0 Å². The zero-order valence-corrected chi connectivity index (χ0v) is 11.6. The number of nitrogens with zero attached hydrogens (tertiary/aromatic N) is 3. The summed E-state index contributed by atoms with van der Waals surface area (Å²) < 4.78 is 0. The van der Waals surface area contributed by atoms with Gasteiger partial charge < -0.3 is 10.2 Å². The number of hydrogen-bond acceptors (Lipinski definition) is 4. The summed E-state index contributed by atoms with van der Waals surface area (Å²) in [5, 5.41) is 3.14. The SMILES string of the molecule is CCc1c(NC)ncnc1N(C)C(CC)CC. The molecular formula is C13H24N4. The molecule has 0 aliphatic carbocycles. The minimum Gasteiger partial charge on any atom is -0.373 e. The Morgan fingerprint density at radius 3 is 2.35 bits per heavy atom. The third-order valence-corrected chi connectivity index (χ3v) is 3.34. The Hall–Kier alpha value is -1.32. The molecule has 1 aromatic rings. The van der Waals surface area contributed by atoms with Crippen LogP contribution in [0, 0.1) is 0 Å². The lowest BCUT2D eigenvalue weighted by Gasteiger charge is -2.29. The molecule has 0 unspecified atom stereocenters. The third-order valence-electron chi connectivity index (χ3n) is 3.34. The van der Waals surface area contributed by atoms with Gasteiger partial charge in [0.05, 0.1) is 0 Å². The Kier molecular flexibility index (Phi) is 5.19. The van der Waals surface area contributed by atoms with E-state index in [1.54, 1.807) is 6.33 Å². The number of rotatable bonds is 6. The van der Waals surface area contributed by atoms with Gasteiger partial charge in [0.1, 0.15) is 18.0 Å². The average molecular weight is 236 g/mol. The molecular weight excluding hydrogens is 212 g/mol. The van der Waals surface area contributed by atoms with Crippen molar-refractivity contribution in [3.05, 3.63) is 11.9 Å². The Morgan fingerprint density at radius 2 is 1.88 bits per heavy atom. The maximum atomic E-state index is 4.45. The Bertz CT molecular complexity index is 347. The molecule has 96 valence electrons. The van der Waals surface area contributed by atoms with Crippen molar-refractivity contribution in [1.29, 1.82) is 0 Å². The minimum absolute atomic E-state index is 0.542. The maximum Gasteiger partial charge on any atom is 0.137 e. The Labute approximate surface area is 104 Å². The van der Waals surface area contributed by atoms with Crippen molar-refractivity contribution in [1.82, 2.24) is 9.97 Å². The van der Waals surface area contributed by atoms with Crippen LogP contribution in [-0.4, -0.2) is 30.1 Å². The van der Waals surface area contributed by atoms with Crippen LogP contribution in [0.3, 0.4) is 0 Å². The summed E-state index contributed by atoms with van der Waals surface area (Å²) in [5.41, 5.74) is 1.20. The molecule has 0 spiro atoms. The van der Waals surface area contributed by atoms with E-state index in [2.05, 4.69) is 48.0 Å². The van der Waals surface area contributed by atoms with Crippen molar-refractivity contribution in [3.63, 3.8) is 0 Å². The highest BCUT2D eigenvalue weighted by molar-refractivity contribution is 5.58. The molecule has 4 heteroatoms. The van der Waals surface area contributed by atoms with E-state index < -0.39 is 0 Å². The smallest absolute Gasteiger partial charge is 0.137 e. The summed E-state index contributed by atoms with van der Waals surface area (Å²) in [6.07, 6.45) is 4.85. The summed E-state index contributed by atoms with van der Waals surface area (Å²) in [5.74, 6) is 2.00. The normalized spacial score (nSPS) is 10.7. The van der Waals surface area contributed by atoms with Gasteiger partial charge in [-0.2, -0.15) is 0 Å². The van der Waals surface area contributed by atoms with Crippen LogP contribution in [0.5, 0.6) is 0 Å². The lowest BCUT2D eigenvalue weighted by Crippen LogP contribution is -2.32. The summed E-state index contributed by atoms with van der Waals surface area (Å²) in [6, 6.07) is 0.542. The molecule has 0 saturated heterocycles. The second-order valence-electron chi connectivity index (χ2n) is 4.21. The van der Waals surface area contributed by atoms with Gasteiger partial charge in [-0.05, 0) is 19.3 Å². The van der Waals surface area contributed by atoms with Crippen molar-refractivity contribution in [3.8, 4) is 0 Å². The van der Waals surface area contributed by atoms with Crippen molar-refractivity contribution in [2.45, 2.75) is 46.1 Å². The van der Waals surface area contributed by atoms with Crippen molar-refractivity contribution in [2.24, 2.45) is 0 Å². The molecule has 0 aromatic carbocycles. The lowest BCUT2D eigenvalue weighted by molar-refractivity contribution is 0.584. The van der Waals surface area contributed by atoms with Crippen LogP contribution in [0.25, 0.3) is 0 Å². The fourth-order valence-electron chi connectivity index (χ4n) is 2.26. The van der Waals surface area contributed by atoms with Gasteiger partial charge in [0.15, 0.2) is 0 Å². The molecule has 1 N–H and O–H groups in total. The lowest BCUT2D eigenvalue weighted by atomic mass is 10.1. The Morgan fingerprint density at radius 1 is 1.24 bits per heavy atom. The highest BCUT2D eigenvalue weighted by Gasteiger charge is 2.17. The first-order chi connectivity index (χ1) is 8.19. The number of anilines is 2. The second-order valence-corrected chi connectivity index (χ2v) is 4.21. The number of nitrogens with one attached hydrogen (secondary N) is 1. The molecule has 4 nitrogen and oxygen atoms in total. The van der Waals surface area contributed by atoms with Crippen LogP contribution in [0.4, 0.5) is 11.6 Å². The van der Waals surface area contributed by atoms with E-state index >= 15 is 0 Å². The second kappa shape index (κ2) is 6.42. The summed E-state index contributed by atoms with van der Waals surface area (Å²) in [7, 11) is 4.03. The molecule has 1 rings (SSSR count). The first-order valence-corrected chi connectivity index (χ1v) is 6.43. The molecule has 0 amide bonds. The first kappa shape index (κ1) is 13.7. The molecule has 0 aliphatic heterocycles. The first-order valence-electron chi connectivity index (χ1n) is 6.43. The maximum absolute atomic E-state index is 4.45. The number of hydrogen-bond donors (Lipinski definition) is 1. The van der Waals surface area contributed by atoms with Gasteiger partial charge in [-0.25, -0.2) is 9.97 Å². The highest BCUT2D eigenvalue weighted by atomic mass is 15.2. The quantitative estimate of drug-likeness (QED) is 0.824. The monoisotopic (exact) mass is 236 g/mol. The van der Waals surface area contributed by atoms with E-state index in [9.17, 15) is 0 Å². The zero-order valence-electron chi connectivity index (χ0n) is 11.6. The van der Waals surface area contributed by atoms with E-state index in [0.29, 0.717) is 6.04 Å². The predicted molar refractivity (Wildman–Crippen MR) is 73.7 cm³/mol. The van der Waals surface area contributed by atoms with Crippen LogP contribution in [0.15, 0.2) is 6.33 Å². The van der Waals surface area contributed by atoms with Gasteiger partial charge in [-0.3, -0.25) is 0 Å². The molecule has 0 atom stereocenters. The van der Waals surface area contributed by atoms with Crippen LogP contribution >= 0.6 is 0 Å². The van der Waals surface area contributed by atoms with E-state index in [1.165, 1.54) is 5.56 Å². The minimum atomic E-state index is 0.542. The van der Waals surface area contributed by atoms with Crippen LogP contribution in [0.2, 0.25) is 0 Å². The van der Waals surface area contributed by atoms with Gasteiger partial charge in [-0.1, -0.05) is 20.8 Å². The van der Waals surface area contributed by atoms with Gasteiger partial charge in [0.2, 0.25) is 0 Å². The topological polar surface area (TPSA) is 41.1 Å². The molecule has 17 heavy (non-hydrogen) atoms. The third kappa shape index (κ3) is 2.87. The van der Waals surface area contributed by atoms with Crippen molar-refractivity contribution >= 4 is 11.6 Å². The molecule has 0 saturated carbocycles. The molecule has 0 fully saturated rings. The highest BCUT2D eigenvalue weighted by Crippen LogP contribution is 2.25. The van der Waals surface area contributed by atoms with Crippen LogP contribution in [0.1, 0.15) is 39.2 Å². The standard InChI is InChI=1S/C13H24N4/c1-6-10(7-2)17(5)13-11(8-3)12(14-4)15-9-16-13/h9-10H,6-8H2,1-5H3,(H,14,15,16). The van der Waals surface area contributed by atoms with E-state index in [0.717, 1.165) is 30.9 Å². The Balaban J connectivity index is 3.11. The summed E-state index contributed by atoms with van der Waals surface area (Å²) in [4.78, 5) is 11.0. The molecule has 0 bridgehead atoms. The van der Waals surface area contributed by atoms with Crippen molar-refractivity contribution < 1.29 is 0 Å². The van der Waals surface area contributed by atoms with Gasteiger partial charge in [-0.15, -0.1) is 0 Å². The molecule has 1 aromatic heterocycles. The molecule has 1 heterocycles. The molecule has 0 aliphatic rings. The van der Waals surface area contributed by atoms with Gasteiger partial charge >= 0.3 is 0 Å². The average Bonchev–Trinajstić information content (AvgIpc) is 2.38. The van der Waals surface area contributed by atoms with E-state index in [4.69, 9.17) is 0 Å². The summed E-state index contributed by atoms with van der Waals surface area (Å²) in [6.45, 7) is 6.58. The predicted octanol–water partition coefficient (Wildman–Crippen LogP) is 2.71. The fraction of sp³-hybridized carbons (Fsp3) is 0.692. The van der Waals surface area contributed by atoms with Gasteiger partial charge in [0.25, 0.3) is 0 Å². The fourth-order valence-corrected chi connectivity index (χ4v) is 2.26. The largest absolute Gasteiger partial charge is 0.373 e. The van der Waals surface area contributed by atoms with Crippen molar-refractivity contribution in [2.75, 3.05) is 24.3 Å². The van der Waals surface area contributed by atoms with Gasteiger partial charge in [0, 0.05) is 25.7 Å². The summed E-state index contributed by atoms with van der Waals surface area (Å²) >= 11 is 0. The number of aromatic nitrogens is 2. The van der Waals surface area contributed by atoms with E-state index in [1.807, 2.05) is 7.05 Å². The zero-order chi connectivity index (χ0) is 12.8. The van der Waals surface area contributed by atoms with Crippen LogP contribution < -0.4 is 10.2 Å². The molecule has 0 radical (unpaired) electrons. The van der Waals surface area contributed by atoms with Crippen LogP contribution in [-0.2, 0) is 6.42 Å².